The molecule has 0 aliphatic rings. The highest BCUT2D eigenvalue weighted by Crippen LogP contribution is 2.23. The maximum Gasteiger partial charge on any atom is 0.258 e. The zero-order valence-corrected chi connectivity index (χ0v) is 12.5. The normalized spacial score (nSPS) is 10.1. The van der Waals surface area contributed by atoms with E-state index in [2.05, 4.69) is 26.6 Å². The van der Waals surface area contributed by atoms with E-state index in [4.69, 9.17) is 4.74 Å². The standard InChI is InChI=1S/C13H17BrN2O3/c1-9(2)16-12(17)7-15-13(18)8-19-11-6-4-3-5-10(11)14/h3-6,9H,7-8H2,1-2H3,(H,15,18)(H,16,17). The molecule has 2 N–H and O–H groups in total. The summed E-state index contributed by atoms with van der Waals surface area (Å²) in [4.78, 5) is 22.8. The Balaban J connectivity index is 2.29. The largest absolute Gasteiger partial charge is 0.483 e. The molecular weight excluding hydrogens is 312 g/mol. The van der Waals surface area contributed by atoms with E-state index in [9.17, 15) is 9.59 Å². The average molecular weight is 329 g/mol. The molecule has 0 aliphatic heterocycles. The Morgan fingerprint density at radius 3 is 2.58 bits per heavy atom. The van der Waals surface area contributed by atoms with Crippen LogP contribution in [0.2, 0.25) is 0 Å². The van der Waals surface area contributed by atoms with Crippen LogP contribution in [-0.4, -0.2) is 31.0 Å². The zero-order chi connectivity index (χ0) is 14.3. The number of rotatable bonds is 6. The first-order valence-electron chi connectivity index (χ1n) is 5.92. The van der Waals surface area contributed by atoms with Crippen molar-refractivity contribution in [1.82, 2.24) is 10.6 Å². The van der Waals surface area contributed by atoms with Crippen LogP contribution in [0.15, 0.2) is 28.7 Å². The van der Waals surface area contributed by atoms with Gasteiger partial charge < -0.3 is 15.4 Å². The van der Waals surface area contributed by atoms with Crippen molar-refractivity contribution in [2.45, 2.75) is 19.9 Å². The number of benzene rings is 1. The van der Waals surface area contributed by atoms with Gasteiger partial charge >= 0.3 is 0 Å². The van der Waals surface area contributed by atoms with Gasteiger partial charge in [-0.1, -0.05) is 12.1 Å². The quantitative estimate of drug-likeness (QED) is 0.831. The second-order valence-corrected chi connectivity index (χ2v) is 5.07. The van der Waals surface area contributed by atoms with Crippen LogP contribution in [-0.2, 0) is 9.59 Å². The lowest BCUT2D eigenvalue weighted by Crippen LogP contribution is -2.41. The van der Waals surface area contributed by atoms with E-state index in [1.54, 1.807) is 6.07 Å². The lowest BCUT2D eigenvalue weighted by atomic mass is 10.3. The summed E-state index contributed by atoms with van der Waals surface area (Å²) in [6.45, 7) is 3.54. The fraction of sp³-hybridized carbons (Fsp3) is 0.385. The van der Waals surface area contributed by atoms with Crippen molar-refractivity contribution < 1.29 is 14.3 Å². The van der Waals surface area contributed by atoms with Gasteiger partial charge in [-0.25, -0.2) is 0 Å². The zero-order valence-electron chi connectivity index (χ0n) is 10.9. The molecule has 0 aromatic heterocycles. The Kier molecular flexibility index (Phi) is 6.35. The number of nitrogens with one attached hydrogen (secondary N) is 2. The Morgan fingerprint density at radius 1 is 1.26 bits per heavy atom. The maximum absolute atomic E-state index is 11.5. The van der Waals surface area contributed by atoms with E-state index in [0.29, 0.717) is 5.75 Å². The lowest BCUT2D eigenvalue weighted by Gasteiger charge is -2.10. The molecule has 1 rings (SSSR count). The monoisotopic (exact) mass is 328 g/mol. The van der Waals surface area contributed by atoms with Crippen LogP contribution in [0.25, 0.3) is 0 Å². The smallest absolute Gasteiger partial charge is 0.258 e. The van der Waals surface area contributed by atoms with Crippen LogP contribution in [0.5, 0.6) is 5.75 Å². The molecule has 0 unspecified atom stereocenters. The van der Waals surface area contributed by atoms with E-state index >= 15 is 0 Å². The molecule has 0 atom stereocenters. The lowest BCUT2D eigenvalue weighted by molar-refractivity contribution is -0.127. The number of ether oxygens (including phenoxy) is 1. The molecule has 0 saturated carbocycles. The Morgan fingerprint density at radius 2 is 1.95 bits per heavy atom. The molecule has 0 aliphatic carbocycles. The second kappa shape index (κ2) is 7.78. The predicted octanol–water partition coefficient (Wildman–Crippen LogP) is 1.47. The number of carbonyl (C=O) groups is 2. The van der Waals surface area contributed by atoms with Crippen molar-refractivity contribution >= 4 is 27.7 Å². The highest BCUT2D eigenvalue weighted by Gasteiger charge is 2.08. The average Bonchev–Trinajstić information content (AvgIpc) is 2.34. The third-order valence-corrected chi connectivity index (χ3v) is 2.75. The molecule has 2 amide bonds. The fourth-order valence-electron chi connectivity index (χ4n) is 1.31. The van der Waals surface area contributed by atoms with Crippen molar-refractivity contribution in [3.8, 4) is 5.75 Å². The van der Waals surface area contributed by atoms with Crippen molar-refractivity contribution in [3.63, 3.8) is 0 Å². The first-order valence-corrected chi connectivity index (χ1v) is 6.71. The highest BCUT2D eigenvalue weighted by molar-refractivity contribution is 9.10. The summed E-state index contributed by atoms with van der Waals surface area (Å²) in [5, 5.41) is 5.17. The van der Waals surface area contributed by atoms with Gasteiger partial charge in [0.15, 0.2) is 6.61 Å². The van der Waals surface area contributed by atoms with Crippen molar-refractivity contribution in [2.75, 3.05) is 13.2 Å². The fourth-order valence-corrected chi connectivity index (χ4v) is 1.71. The van der Waals surface area contributed by atoms with E-state index < -0.39 is 0 Å². The van der Waals surface area contributed by atoms with Gasteiger partial charge in [0.05, 0.1) is 11.0 Å². The van der Waals surface area contributed by atoms with Crippen molar-refractivity contribution in [1.29, 1.82) is 0 Å². The van der Waals surface area contributed by atoms with E-state index in [-0.39, 0.29) is 31.0 Å². The predicted molar refractivity (Wildman–Crippen MR) is 75.9 cm³/mol. The molecule has 0 bridgehead atoms. The van der Waals surface area contributed by atoms with Crippen LogP contribution >= 0.6 is 15.9 Å². The van der Waals surface area contributed by atoms with Gasteiger partial charge in [0, 0.05) is 6.04 Å². The van der Waals surface area contributed by atoms with Gasteiger partial charge in [-0.05, 0) is 41.9 Å². The third kappa shape index (κ3) is 6.24. The Hall–Kier alpha value is -1.56. The molecule has 0 spiro atoms. The third-order valence-electron chi connectivity index (χ3n) is 2.09. The van der Waals surface area contributed by atoms with Gasteiger partial charge in [0.2, 0.25) is 5.91 Å². The summed E-state index contributed by atoms with van der Waals surface area (Å²) in [6.07, 6.45) is 0. The summed E-state index contributed by atoms with van der Waals surface area (Å²) >= 11 is 3.31. The molecule has 6 heteroatoms. The van der Waals surface area contributed by atoms with Gasteiger partial charge in [-0.15, -0.1) is 0 Å². The minimum Gasteiger partial charge on any atom is -0.483 e. The van der Waals surface area contributed by atoms with Crippen molar-refractivity contribution in [3.05, 3.63) is 28.7 Å². The summed E-state index contributed by atoms with van der Waals surface area (Å²) in [5.74, 6) is 0.0307. The van der Waals surface area contributed by atoms with Gasteiger partial charge in [0.1, 0.15) is 5.75 Å². The molecule has 0 fully saturated rings. The van der Waals surface area contributed by atoms with Gasteiger partial charge in [-0.3, -0.25) is 9.59 Å². The summed E-state index contributed by atoms with van der Waals surface area (Å²) in [7, 11) is 0. The Labute approximate surface area is 120 Å². The number of halogens is 1. The molecule has 1 aromatic rings. The summed E-state index contributed by atoms with van der Waals surface area (Å²) in [5.41, 5.74) is 0. The Bertz CT molecular complexity index is 449. The molecule has 0 radical (unpaired) electrons. The van der Waals surface area contributed by atoms with Gasteiger partial charge in [-0.2, -0.15) is 0 Å². The van der Waals surface area contributed by atoms with E-state index in [0.717, 1.165) is 4.47 Å². The first-order chi connectivity index (χ1) is 8.99. The number of carbonyl (C=O) groups excluding carboxylic acids is 2. The first kappa shape index (κ1) is 15.5. The summed E-state index contributed by atoms with van der Waals surface area (Å²) < 4.78 is 6.10. The van der Waals surface area contributed by atoms with E-state index in [1.165, 1.54) is 0 Å². The number of para-hydroxylation sites is 1. The van der Waals surface area contributed by atoms with Crippen LogP contribution in [0.1, 0.15) is 13.8 Å². The van der Waals surface area contributed by atoms with Crippen LogP contribution in [0.3, 0.4) is 0 Å². The second-order valence-electron chi connectivity index (χ2n) is 4.22. The molecule has 1 aromatic carbocycles. The highest BCUT2D eigenvalue weighted by atomic mass is 79.9. The van der Waals surface area contributed by atoms with Crippen LogP contribution in [0, 0.1) is 0 Å². The minimum absolute atomic E-state index is 0.0453. The molecule has 104 valence electrons. The molecule has 0 heterocycles. The SMILES string of the molecule is CC(C)NC(=O)CNC(=O)COc1ccccc1Br. The van der Waals surface area contributed by atoms with Gasteiger partial charge in [0.25, 0.3) is 5.91 Å². The van der Waals surface area contributed by atoms with Crippen LogP contribution in [0.4, 0.5) is 0 Å². The summed E-state index contributed by atoms with van der Waals surface area (Å²) in [6, 6.07) is 7.30. The number of amides is 2. The maximum atomic E-state index is 11.5. The number of hydrogen-bond donors (Lipinski definition) is 2. The molecule has 19 heavy (non-hydrogen) atoms. The molecule has 5 nitrogen and oxygen atoms in total. The minimum atomic E-state index is -0.338. The topological polar surface area (TPSA) is 67.4 Å². The van der Waals surface area contributed by atoms with Crippen molar-refractivity contribution in [2.24, 2.45) is 0 Å². The van der Waals surface area contributed by atoms with E-state index in [1.807, 2.05) is 32.0 Å². The molecule has 0 saturated heterocycles. The number of hydrogen-bond acceptors (Lipinski definition) is 3. The molecular formula is C13H17BrN2O3. The van der Waals surface area contributed by atoms with Crippen LogP contribution < -0.4 is 15.4 Å².